The number of alkyl halides is 8. The van der Waals surface area contributed by atoms with Gasteiger partial charge in [-0.3, -0.25) is 0 Å². The minimum Gasteiger partial charge on any atom is -0.204 e. The molecular weight excluding hydrogens is 212 g/mol. The zero-order valence-electron chi connectivity index (χ0n) is 5.76. The van der Waals surface area contributed by atoms with Gasteiger partial charge in [0.25, 0.3) is 0 Å². The van der Waals surface area contributed by atoms with Crippen LogP contribution in [-0.2, 0) is 0 Å². The highest BCUT2D eigenvalue weighted by Crippen LogP contribution is 2.37. The SMILES string of the molecule is FC(F)C(F)(F)[CH]C(F)(F)C(F)F. The van der Waals surface area contributed by atoms with E-state index in [0.717, 1.165) is 0 Å². The predicted molar refractivity (Wildman–Crippen MR) is 26.2 cm³/mol. The molecule has 0 spiro atoms. The molecule has 0 rings (SSSR count). The fourth-order valence-corrected chi connectivity index (χ4v) is 0.383. The number of rotatable bonds is 4. The first-order chi connectivity index (χ1) is 5.59. The van der Waals surface area contributed by atoms with Crippen molar-refractivity contribution >= 4 is 0 Å². The molecule has 0 heterocycles. The van der Waals surface area contributed by atoms with Gasteiger partial charge in [-0.2, -0.15) is 17.6 Å². The first kappa shape index (κ1) is 12.4. The molecular formula is C5H3F8. The van der Waals surface area contributed by atoms with E-state index in [9.17, 15) is 35.1 Å². The Bertz CT molecular complexity index is 144. The summed E-state index contributed by atoms with van der Waals surface area (Å²) in [6.45, 7) is 0. The average Bonchev–Trinajstić information content (AvgIpc) is 1.83. The van der Waals surface area contributed by atoms with E-state index >= 15 is 0 Å². The highest BCUT2D eigenvalue weighted by molar-refractivity contribution is 4.98. The van der Waals surface area contributed by atoms with E-state index < -0.39 is 31.1 Å². The number of hydrogen-bond donors (Lipinski definition) is 0. The Kier molecular flexibility index (Phi) is 3.51. The molecule has 0 nitrogen and oxygen atoms in total. The molecule has 1 radical (unpaired) electrons. The predicted octanol–water partition coefficient (Wildman–Crippen LogP) is 2.99. The zero-order valence-corrected chi connectivity index (χ0v) is 5.76. The van der Waals surface area contributed by atoms with E-state index in [0.29, 0.717) is 0 Å². The third-order valence-electron chi connectivity index (χ3n) is 0.967. The number of hydrogen-bond acceptors (Lipinski definition) is 0. The molecule has 0 aliphatic carbocycles. The molecule has 0 N–H and O–H groups in total. The van der Waals surface area contributed by atoms with Crippen molar-refractivity contribution in [1.82, 2.24) is 0 Å². The summed E-state index contributed by atoms with van der Waals surface area (Å²) in [7, 11) is 0. The second-order valence-electron chi connectivity index (χ2n) is 2.09. The van der Waals surface area contributed by atoms with Gasteiger partial charge < -0.3 is 0 Å². The van der Waals surface area contributed by atoms with Crippen molar-refractivity contribution < 1.29 is 35.1 Å². The van der Waals surface area contributed by atoms with Crippen molar-refractivity contribution in [2.75, 3.05) is 0 Å². The standard InChI is InChI=1S/C5H3F8/c6-2(7)4(10,11)1-5(12,13)3(8)9/h1-3H. The highest BCUT2D eigenvalue weighted by atomic mass is 19.3. The second kappa shape index (κ2) is 3.67. The van der Waals surface area contributed by atoms with Crippen LogP contribution in [0.15, 0.2) is 0 Å². The summed E-state index contributed by atoms with van der Waals surface area (Å²) < 4.78 is 92.1. The second-order valence-corrected chi connectivity index (χ2v) is 2.09. The van der Waals surface area contributed by atoms with E-state index in [4.69, 9.17) is 0 Å². The Morgan fingerprint density at radius 1 is 0.692 bits per heavy atom. The van der Waals surface area contributed by atoms with Crippen LogP contribution >= 0.6 is 0 Å². The van der Waals surface area contributed by atoms with Crippen LogP contribution in [0.5, 0.6) is 0 Å². The molecule has 0 unspecified atom stereocenters. The molecule has 0 aromatic heterocycles. The summed E-state index contributed by atoms with van der Waals surface area (Å²) in [5.74, 6) is -10.4. The Hall–Kier alpha value is -0.560. The van der Waals surface area contributed by atoms with Crippen molar-refractivity contribution in [3.8, 4) is 0 Å². The van der Waals surface area contributed by atoms with Gasteiger partial charge in [-0.1, -0.05) is 0 Å². The lowest BCUT2D eigenvalue weighted by Crippen LogP contribution is -2.40. The van der Waals surface area contributed by atoms with Gasteiger partial charge in [0.15, 0.2) is 0 Å². The van der Waals surface area contributed by atoms with Crippen molar-refractivity contribution in [3.05, 3.63) is 6.42 Å². The van der Waals surface area contributed by atoms with Gasteiger partial charge in [-0.05, 0) is 0 Å². The fraction of sp³-hybridized carbons (Fsp3) is 0.800. The molecule has 0 saturated carbocycles. The van der Waals surface area contributed by atoms with Gasteiger partial charge >= 0.3 is 24.7 Å². The zero-order chi connectivity index (χ0) is 10.9. The van der Waals surface area contributed by atoms with Gasteiger partial charge in [0.1, 0.15) is 6.42 Å². The van der Waals surface area contributed by atoms with Crippen LogP contribution in [0.2, 0.25) is 0 Å². The number of halogens is 8. The quantitative estimate of drug-likeness (QED) is 0.632. The normalized spacial score (nSPS) is 14.3. The summed E-state index contributed by atoms with van der Waals surface area (Å²) in [5.41, 5.74) is 0. The van der Waals surface area contributed by atoms with Crippen molar-refractivity contribution in [2.24, 2.45) is 0 Å². The van der Waals surface area contributed by atoms with Crippen LogP contribution in [0, 0.1) is 6.42 Å². The molecule has 0 aliphatic rings. The Morgan fingerprint density at radius 3 is 1.08 bits per heavy atom. The molecule has 0 aromatic rings. The van der Waals surface area contributed by atoms with Crippen LogP contribution < -0.4 is 0 Å². The molecule has 0 bridgehead atoms. The van der Waals surface area contributed by atoms with E-state index in [1.165, 1.54) is 0 Å². The third kappa shape index (κ3) is 3.35. The van der Waals surface area contributed by atoms with Gasteiger partial charge in [-0.25, -0.2) is 17.6 Å². The topological polar surface area (TPSA) is 0 Å². The average molecular weight is 215 g/mol. The van der Waals surface area contributed by atoms with Crippen molar-refractivity contribution in [2.45, 2.75) is 24.7 Å². The van der Waals surface area contributed by atoms with Crippen molar-refractivity contribution in [1.29, 1.82) is 0 Å². The molecule has 79 valence electrons. The molecule has 0 aliphatic heterocycles. The maximum Gasteiger partial charge on any atom is 0.316 e. The Balaban J connectivity index is 4.42. The summed E-state index contributed by atoms with van der Waals surface area (Å²) in [5, 5.41) is 0. The monoisotopic (exact) mass is 215 g/mol. The molecule has 8 heteroatoms. The molecule has 0 atom stereocenters. The molecule has 0 saturated heterocycles. The first-order valence-corrected chi connectivity index (χ1v) is 2.78. The molecule has 0 amide bonds. The van der Waals surface area contributed by atoms with E-state index in [1.54, 1.807) is 0 Å². The van der Waals surface area contributed by atoms with E-state index in [1.807, 2.05) is 0 Å². The smallest absolute Gasteiger partial charge is 0.204 e. The van der Waals surface area contributed by atoms with Crippen molar-refractivity contribution in [3.63, 3.8) is 0 Å². The first-order valence-electron chi connectivity index (χ1n) is 2.78. The van der Waals surface area contributed by atoms with E-state index in [2.05, 4.69) is 0 Å². The van der Waals surface area contributed by atoms with Crippen LogP contribution in [0.1, 0.15) is 0 Å². The minimum atomic E-state index is -5.22. The van der Waals surface area contributed by atoms with Crippen LogP contribution in [0.3, 0.4) is 0 Å². The van der Waals surface area contributed by atoms with Gasteiger partial charge in [0, 0.05) is 0 Å². The van der Waals surface area contributed by atoms with Gasteiger partial charge in [-0.15, -0.1) is 0 Å². The van der Waals surface area contributed by atoms with Crippen LogP contribution in [-0.4, -0.2) is 24.7 Å². The van der Waals surface area contributed by atoms with Gasteiger partial charge in [0.05, 0.1) is 0 Å². The lowest BCUT2D eigenvalue weighted by molar-refractivity contribution is -0.168. The minimum absolute atomic E-state index is 1.64. The summed E-state index contributed by atoms with van der Waals surface area (Å²) >= 11 is 0. The van der Waals surface area contributed by atoms with Crippen LogP contribution in [0.25, 0.3) is 0 Å². The van der Waals surface area contributed by atoms with Gasteiger partial charge in [0.2, 0.25) is 0 Å². The summed E-state index contributed by atoms with van der Waals surface area (Å²) in [6, 6.07) is 0. The highest BCUT2D eigenvalue weighted by Gasteiger charge is 2.54. The fourth-order valence-electron chi connectivity index (χ4n) is 0.383. The maximum atomic E-state index is 11.8. The summed E-state index contributed by atoms with van der Waals surface area (Å²) in [6.07, 6.45) is -10.5. The third-order valence-corrected chi connectivity index (χ3v) is 0.967. The summed E-state index contributed by atoms with van der Waals surface area (Å²) in [4.78, 5) is 0. The van der Waals surface area contributed by atoms with Crippen LogP contribution in [0.4, 0.5) is 35.1 Å². The Labute approximate surface area is 67.5 Å². The van der Waals surface area contributed by atoms with E-state index in [-0.39, 0.29) is 0 Å². The lowest BCUT2D eigenvalue weighted by Gasteiger charge is -2.20. The molecule has 0 aromatic carbocycles. The molecule has 13 heavy (non-hydrogen) atoms. The molecule has 0 fully saturated rings. The maximum absolute atomic E-state index is 11.8. The largest absolute Gasteiger partial charge is 0.316 e. The Morgan fingerprint density at radius 2 is 0.923 bits per heavy atom. The lowest BCUT2D eigenvalue weighted by atomic mass is 10.1.